The summed E-state index contributed by atoms with van der Waals surface area (Å²) in [5.41, 5.74) is 2.12. The van der Waals surface area contributed by atoms with Crippen LogP contribution in [0.4, 0.5) is 0 Å². The van der Waals surface area contributed by atoms with Crippen LogP contribution < -0.4 is 18.9 Å². The molecule has 0 atom stereocenters. The summed E-state index contributed by atoms with van der Waals surface area (Å²) >= 11 is 1.24. The van der Waals surface area contributed by atoms with Gasteiger partial charge in [0.15, 0.2) is 11.5 Å². The van der Waals surface area contributed by atoms with E-state index in [9.17, 15) is 9.59 Å². The molecule has 1 aromatic heterocycles. The third-order valence-electron chi connectivity index (χ3n) is 5.87. The largest absolute Gasteiger partial charge is 0.497 e. The van der Waals surface area contributed by atoms with E-state index in [2.05, 4.69) is 0 Å². The minimum Gasteiger partial charge on any atom is -0.497 e. The number of nitrogens with zero attached hydrogens (tertiary/aromatic N) is 2. The smallest absolute Gasteiger partial charge is 0.350 e. The van der Waals surface area contributed by atoms with Gasteiger partial charge in [-0.25, -0.2) is 9.78 Å². The lowest BCUT2D eigenvalue weighted by atomic mass is 10.1. The van der Waals surface area contributed by atoms with Crippen LogP contribution in [0.3, 0.4) is 0 Å². The number of hydrogen-bond donors (Lipinski definition) is 0. The van der Waals surface area contributed by atoms with Gasteiger partial charge in [0, 0.05) is 30.3 Å². The number of aromatic nitrogens is 1. The SMILES string of the molecule is CCOC(=O)CN(Cc1ccc(OC)cc1OC)Cc1nc(-c2ccc3c(c2)OCCO3)sc1C(=O)OCC. The molecule has 2 aromatic carbocycles. The zero-order valence-electron chi connectivity index (χ0n) is 22.5. The second kappa shape index (κ2) is 13.3. The van der Waals surface area contributed by atoms with E-state index in [1.165, 1.54) is 11.3 Å². The molecule has 0 aliphatic carbocycles. The summed E-state index contributed by atoms with van der Waals surface area (Å²) in [6.45, 7) is 5.48. The van der Waals surface area contributed by atoms with E-state index in [1.54, 1.807) is 34.1 Å². The summed E-state index contributed by atoms with van der Waals surface area (Å²) in [7, 11) is 3.16. The topological polar surface area (TPSA) is 106 Å². The van der Waals surface area contributed by atoms with E-state index in [-0.39, 0.29) is 32.3 Å². The highest BCUT2D eigenvalue weighted by Crippen LogP contribution is 2.37. The van der Waals surface area contributed by atoms with Crippen molar-refractivity contribution in [3.8, 4) is 33.6 Å². The van der Waals surface area contributed by atoms with Crippen LogP contribution in [0.15, 0.2) is 36.4 Å². The van der Waals surface area contributed by atoms with Crippen molar-refractivity contribution >= 4 is 23.3 Å². The Morgan fingerprint density at radius 3 is 2.44 bits per heavy atom. The van der Waals surface area contributed by atoms with Crippen LogP contribution in [0.1, 0.15) is 34.8 Å². The third kappa shape index (κ3) is 6.98. The minimum atomic E-state index is -0.466. The third-order valence-corrected chi connectivity index (χ3v) is 6.99. The summed E-state index contributed by atoms with van der Waals surface area (Å²) in [6, 6.07) is 11.0. The van der Waals surface area contributed by atoms with E-state index in [1.807, 2.05) is 35.2 Å². The number of carbonyl (C=O) groups is 2. The molecule has 0 bridgehead atoms. The zero-order chi connectivity index (χ0) is 27.8. The highest BCUT2D eigenvalue weighted by Gasteiger charge is 2.25. The first-order valence-electron chi connectivity index (χ1n) is 12.6. The molecular formula is C28H32N2O8S. The first-order valence-corrected chi connectivity index (χ1v) is 13.4. The van der Waals surface area contributed by atoms with Crippen LogP contribution in [-0.2, 0) is 27.4 Å². The molecule has 10 nitrogen and oxygen atoms in total. The number of methoxy groups -OCH3 is 2. The number of hydrogen-bond acceptors (Lipinski definition) is 11. The highest BCUT2D eigenvalue weighted by molar-refractivity contribution is 7.17. The van der Waals surface area contributed by atoms with Crippen molar-refractivity contribution in [2.45, 2.75) is 26.9 Å². The first kappa shape index (κ1) is 28.2. The summed E-state index contributed by atoms with van der Waals surface area (Å²) in [5, 5.41) is 0.628. The van der Waals surface area contributed by atoms with E-state index >= 15 is 0 Å². The van der Waals surface area contributed by atoms with Gasteiger partial charge in [-0.3, -0.25) is 9.69 Å². The van der Waals surface area contributed by atoms with Crippen LogP contribution in [0, 0.1) is 0 Å². The highest BCUT2D eigenvalue weighted by atomic mass is 32.1. The Kier molecular flexibility index (Phi) is 9.61. The second-order valence-corrected chi connectivity index (χ2v) is 9.50. The summed E-state index contributed by atoms with van der Waals surface area (Å²) < 4.78 is 32.8. The van der Waals surface area contributed by atoms with Crippen LogP contribution in [0.5, 0.6) is 23.0 Å². The fourth-order valence-corrected chi connectivity index (χ4v) is 5.07. The number of carbonyl (C=O) groups excluding carboxylic acids is 2. The van der Waals surface area contributed by atoms with E-state index in [0.717, 1.165) is 11.1 Å². The van der Waals surface area contributed by atoms with E-state index in [0.29, 0.717) is 58.3 Å². The summed E-state index contributed by atoms with van der Waals surface area (Å²) in [6.07, 6.45) is 0. The maximum absolute atomic E-state index is 12.9. The van der Waals surface area contributed by atoms with Gasteiger partial charge in [-0.15, -0.1) is 11.3 Å². The Morgan fingerprint density at radius 2 is 1.72 bits per heavy atom. The molecule has 0 saturated carbocycles. The number of benzene rings is 2. The molecule has 0 radical (unpaired) electrons. The monoisotopic (exact) mass is 556 g/mol. The first-order chi connectivity index (χ1) is 18.9. The molecule has 0 N–H and O–H groups in total. The van der Waals surface area contributed by atoms with Crippen LogP contribution >= 0.6 is 11.3 Å². The van der Waals surface area contributed by atoms with Crippen molar-refractivity contribution in [2.24, 2.45) is 0 Å². The molecule has 0 unspecified atom stereocenters. The van der Waals surface area contributed by atoms with E-state index < -0.39 is 5.97 Å². The van der Waals surface area contributed by atoms with Crippen molar-refractivity contribution in [1.29, 1.82) is 0 Å². The fraction of sp³-hybridized carbons (Fsp3) is 0.393. The number of esters is 2. The van der Waals surface area contributed by atoms with Gasteiger partial charge in [0.2, 0.25) is 0 Å². The van der Waals surface area contributed by atoms with Crippen LogP contribution in [0.2, 0.25) is 0 Å². The van der Waals surface area contributed by atoms with Gasteiger partial charge in [-0.05, 0) is 38.1 Å². The van der Waals surface area contributed by atoms with Gasteiger partial charge < -0.3 is 28.4 Å². The molecule has 208 valence electrons. The van der Waals surface area contributed by atoms with Gasteiger partial charge in [-0.1, -0.05) is 6.07 Å². The Bertz CT molecular complexity index is 1310. The summed E-state index contributed by atoms with van der Waals surface area (Å²) in [4.78, 5) is 32.5. The van der Waals surface area contributed by atoms with Crippen LogP contribution in [0.25, 0.3) is 10.6 Å². The van der Waals surface area contributed by atoms with Gasteiger partial charge in [0.1, 0.15) is 34.6 Å². The lowest BCUT2D eigenvalue weighted by Crippen LogP contribution is -2.31. The van der Waals surface area contributed by atoms with Gasteiger partial charge in [0.25, 0.3) is 0 Å². The maximum Gasteiger partial charge on any atom is 0.350 e. The molecule has 11 heteroatoms. The summed E-state index contributed by atoms with van der Waals surface area (Å²) in [5.74, 6) is 1.71. The Balaban J connectivity index is 1.68. The van der Waals surface area contributed by atoms with Crippen molar-refractivity contribution in [3.05, 3.63) is 52.5 Å². The molecule has 3 aromatic rings. The Morgan fingerprint density at radius 1 is 0.949 bits per heavy atom. The van der Waals surface area contributed by atoms with Gasteiger partial charge in [0.05, 0.1) is 39.7 Å². The lowest BCUT2D eigenvalue weighted by molar-refractivity contribution is -0.144. The van der Waals surface area contributed by atoms with E-state index in [4.69, 9.17) is 33.4 Å². The predicted molar refractivity (Wildman–Crippen MR) is 145 cm³/mol. The zero-order valence-corrected chi connectivity index (χ0v) is 23.3. The van der Waals surface area contributed by atoms with Crippen molar-refractivity contribution < 1.29 is 38.0 Å². The molecular weight excluding hydrogens is 524 g/mol. The average molecular weight is 557 g/mol. The fourth-order valence-electron chi connectivity index (χ4n) is 4.11. The lowest BCUT2D eigenvalue weighted by Gasteiger charge is -2.22. The van der Waals surface area contributed by atoms with Gasteiger partial charge >= 0.3 is 11.9 Å². The average Bonchev–Trinajstić information content (AvgIpc) is 3.37. The normalized spacial score (nSPS) is 12.2. The number of thiazole rings is 1. The molecule has 4 rings (SSSR count). The standard InChI is InChI=1S/C28H32N2O8S/c1-5-35-25(31)17-30(15-19-7-9-20(33-3)14-23(19)34-4)16-21-26(28(32)36-6-2)39-27(29-21)18-8-10-22-24(13-18)38-12-11-37-22/h7-10,13-14H,5-6,11-12,15-17H2,1-4H3. The molecule has 0 fully saturated rings. The molecule has 2 heterocycles. The van der Waals surface area contributed by atoms with Crippen LogP contribution in [-0.4, -0.2) is 69.0 Å². The molecule has 39 heavy (non-hydrogen) atoms. The quantitative estimate of drug-likeness (QED) is 0.299. The van der Waals surface area contributed by atoms with Gasteiger partial charge in [-0.2, -0.15) is 0 Å². The minimum absolute atomic E-state index is 0.0117. The molecule has 0 spiro atoms. The Labute approximate surface area is 231 Å². The second-order valence-electron chi connectivity index (χ2n) is 8.50. The molecule has 1 aliphatic rings. The van der Waals surface area contributed by atoms with Crippen molar-refractivity contribution in [2.75, 3.05) is 47.2 Å². The maximum atomic E-state index is 12.9. The Hall–Kier alpha value is -3.83. The molecule has 0 amide bonds. The predicted octanol–water partition coefficient (Wildman–Crippen LogP) is 4.34. The van der Waals surface area contributed by atoms with Crippen molar-refractivity contribution in [1.82, 2.24) is 9.88 Å². The number of ether oxygens (including phenoxy) is 6. The van der Waals surface area contributed by atoms with Crippen molar-refractivity contribution in [3.63, 3.8) is 0 Å². The number of fused-ring (bicyclic) bond motifs is 1. The molecule has 1 aliphatic heterocycles. The number of rotatable bonds is 12. The molecule has 0 saturated heterocycles.